The molecule has 1 saturated heterocycles. The van der Waals surface area contributed by atoms with Gasteiger partial charge in [-0.25, -0.2) is 13.2 Å². The highest BCUT2D eigenvalue weighted by atomic mass is 32.2. The minimum atomic E-state index is -3.59. The van der Waals surface area contributed by atoms with Crippen LogP contribution in [-0.4, -0.2) is 57.5 Å². The molecule has 9 heteroatoms. The van der Waals surface area contributed by atoms with Crippen molar-refractivity contribution in [3.8, 4) is 0 Å². The minimum absolute atomic E-state index is 0.142. The summed E-state index contributed by atoms with van der Waals surface area (Å²) in [7, 11) is -3.59. The molecular weight excluding hydrogens is 396 g/mol. The van der Waals surface area contributed by atoms with Gasteiger partial charge in [-0.05, 0) is 43.3 Å². The van der Waals surface area contributed by atoms with Gasteiger partial charge in [-0.15, -0.1) is 0 Å². The molecule has 1 aliphatic heterocycles. The summed E-state index contributed by atoms with van der Waals surface area (Å²) in [6, 6.07) is 12.7. The van der Waals surface area contributed by atoms with Crippen molar-refractivity contribution in [2.75, 3.05) is 38.2 Å². The van der Waals surface area contributed by atoms with E-state index < -0.39 is 28.5 Å². The highest BCUT2D eigenvalue weighted by molar-refractivity contribution is 7.89. The van der Waals surface area contributed by atoms with Crippen LogP contribution in [0.5, 0.6) is 0 Å². The summed E-state index contributed by atoms with van der Waals surface area (Å²) < 4.78 is 36.7. The average molecular weight is 418 g/mol. The van der Waals surface area contributed by atoms with Gasteiger partial charge < -0.3 is 14.8 Å². The summed E-state index contributed by atoms with van der Waals surface area (Å²) in [5, 5.41) is 2.57. The Morgan fingerprint density at radius 1 is 1.03 bits per heavy atom. The predicted molar refractivity (Wildman–Crippen MR) is 106 cm³/mol. The van der Waals surface area contributed by atoms with Crippen molar-refractivity contribution in [3.63, 3.8) is 0 Å². The van der Waals surface area contributed by atoms with Crippen LogP contribution in [0, 0.1) is 6.92 Å². The summed E-state index contributed by atoms with van der Waals surface area (Å²) in [6.07, 6.45) is 0. The maximum atomic E-state index is 12.6. The van der Waals surface area contributed by atoms with Crippen LogP contribution < -0.4 is 5.32 Å². The van der Waals surface area contributed by atoms with Gasteiger partial charge in [0.1, 0.15) is 0 Å². The number of amides is 1. The molecule has 3 rings (SSSR count). The van der Waals surface area contributed by atoms with Crippen molar-refractivity contribution in [1.82, 2.24) is 4.31 Å². The van der Waals surface area contributed by atoms with E-state index in [-0.39, 0.29) is 4.90 Å². The van der Waals surface area contributed by atoms with Gasteiger partial charge >= 0.3 is 5.97 Å². The Balaban J connectivity index is 1.54. The molecule has 0 spiro atoms. The molecule has 1 heterocycles. The molecule has 0 aliphatic carbocycles. The fraction of sp³-hybridized carbons (Fsp3) is 0.300. The number of esters is 1. The van der Waals surface area contributed by atoms with Gasteiger partial charge in [0.2, 0.25) is 10.0 Å². The van der Waals surface area contributed by atoms with Gasteiger partial charge in [-0.3, -0.25) is 4.79 Å². The van der Waals surface area contributed by atoms with Gasteiger partial charge in [0.25, 0.3) is 5.91 Å². The highest BCUT2D eigenvalue weighted by Gasteiger charge is 2.26. The van der Waals surface area contributed by atoms with E-state index in [1.807, 2.05) is 6.92 Å². The fourth-order valence-electron chi connectivity index (χ4n) is 2.75. The molecule has 0 atom stereocenters. The van der Waals surface area contributed by atoms with E-state index in [0.717, 1.165) is 5.56 Å². The second kappa shape index (κ2) is 9.17. The smallest absolute Gasteiger partial charge is 0.338 e. The van der Waals surface area contributed by atoms with Crippen LogP contribution in [0.25, 0.3) is 0 Å². The molecular formula is C20H22N2O6S. The first kappa shape index (κ1) is 21.0. The first-order valence-electron chi connectivity index (χ1n) is 9.08. The zero-order valence-electron chi connectivity index (χ0n) is 16.0. The summed E-state index contributed by atoms with van der Waals surface area (Å²) >= 11 is 0. The SMILES string of the molecule is Cc1ccc(C(=O)OCC(=O)Nc2ccc(S(=O)(=O)N3CCOCC3)cc2)cc1. The molecule has 8 nitrogen and oxygen atoms in total. The third-order valence-electron chi connectivity index (χ3n) is 4.37. The highest BCUT2D eigenvalue weighted by Crippen LogP contribution is 2.19. The summed E-state index contributed by atoms with van der Waals surface area (Å²) in [6.45, 7) is 2.82. The normalized spacial score (nSPS) is 14.9. The standard InChI is InChI=1S/C20H22N2O6S/c1-15-2-4-16(5-3-15)20(24)28-14-19(23)21-17-6-8-18(9-7-17)29(25,26)22-10-12-27-13-11-22/h2-9H,10-14H2,1H3,(H,21,23). The minimum Gasteiger partial charge on any atom is -0.452 e. The lowest BCUT2D eigenvalue weighted by Gasteiger charge is -2.26. The average Bonchev–Trinajstić information content (AvgIpc) is 2.73. The van der Waals surface area contributed by atoms with Crippen molar-refractivity contribution in [2.24, 2.45) is 0 Å². The lowest BCUT2D eigenvalue weighted by molar-refractivity contribution is -0.119. The van der Waals surface area contributed by atoms with Crippen LogP contribution in [0.4, 0.5) is 5.69 Å². The number of anilines is 1. The van der Waals surface area contributed by atoms with Crippen molar-refractivity contribution >= 4 is 27.6 Å². The van der Waals surface area contributed by atoms with E-state index in [1.54, 1.807) is 24.3 Å². The van der Waals surface area contributed by atoms with Gasteiger partial charge in [0.05, 0.1) is 23.7 Å². The van der Waals surface area contributed by atoms with Crippen molar-refractivity contribution in [3.05, 3.63) is 59.7 Å². The maximum Gasteiger partial charge on any atom is 0.338 e. The number of carbonyl (C=O) groups excluding carboxylic acids is 2. The molecule has 0 saturated carbocycles. The second-order valence-corrected chi connectivity index (χ2v) is 8.47. The molecule has 2 aromatic carbocycles. The second-order valence-electron chi connectivity index (χ2n) is 6.53. The molecule has 0 unspecified atom stereocenters. The number of sulfonamides is 1. The van der Waals surface area contributed by atoms with Crippen molar-refractivity contribution in [2.45, 2.75) is 11.8 Å². The lowest BCUT2D eigenvalue weighted by Crippen LogP contribution is -2.40. The molecule has 1 fully saturated rings. The van der Waals surface area contributed by atoms with E-state index in [2.05, 4.69) is 5.32 Å². The Bertz CT molecular complexity index is 965. The van der Waals surface area contributed by atoms with Crippen LogP contribution in [0.3, 0.4) is 0 Å². The van der Waals surface area contributed by atoms with Crippen LogP contribution in [0.15, 0.2) is 53.4 Å². The van der Waals surface area contributed by atoms with Crippen LogP contribution in [-0.2, 0) is 24.3 Å². The summed E-state index contributed by atoms with van der Waals surface area (Å²) in [5.74, 6) is -1.11. The third-order valence-corrected chi connectivity index (χ3v) is 6.28. The fourth-order valence-corrected chi connectivity index (χ4v) is 4.16. The third kappa shape index (κ3) is 5.41. The first-order chi connectivity index (χ1) is 13.9. The van der Waals surface area contributed by atoms with Crippen molar-refractivity contribution in [1.29, 1.82) is 0 Å². The molecule has 1 aliphatic rings. The zero-order chi connectivity index (χ0) is 20.9. The maximum absolute atomic E-state index is 12.6. The number of rotatable bonds is 6. The quantitative estimate of drug-likeness (QED) is 0.718. The van der Waals surface area contributed by atoms with E-state index >= 15 is 0 Å². The number of ether oxygens (including phenoxy) is 2. The zero-order valence-corrected chi connectivity index (χ0v) is 16.8. The van der Waals surface area contributed by atoms with Crippen LogP contribution in [0.2, 0.25) is 0 Å². The van der Waals surface area contributed by atoms with Gasteiger partial charge in [0, 0.05) is 18.8 Å². The van der Waals surface area contributed by atoms with E-state index in [1.165, 1.54) is 28.6 Å². The van der Waals surface area contributed by atoms with E-state index in [9.17, 15) is 18.0 Å². The lowest BCUT2D eigenvalue weighted by atomic mass is 10.1. The number of hydrogen-bond acceptors (Lipinski definition) is 6. The molecule has 2 aromatic rings. The van der Waals surface area contributed by atoms with Gasteiger partial charge in [0.15, 0.2) is 6.61 Å². The Morgan fingerprint density at radius 2 is 1.66 bits per heavy atom. The number of carbonyl (C=O) groups is 2. The van der Waals surface area contributed by atoms with Gasteiger partial charge in [-0.1, -0.05) is 17.7 Å². The number of nitrogens with zero attached hydrogens (tertiary/aromatic N) is 1. The predicted octanol–water partition coefficient (Wildman–Crippen LogP) is 1.81. The summed E-state index contributed by atoms with van der Waals surface area (Å²) in [5.41, 5.74) is 1.78. The van der Waals surface area contributed by atoms with Crippen LogP contribution >= 0.6 is 0 Å². The van der Waals surface area contributed by atoms with Crippen LogP contribution in [0.1, 0.15) is 15.9 Å². The molecule has 0 aromatic heterocycles. The largest absolute Gasteiger partial charge is 0.452 e. The topological polar surface area (TPSA) is 102 Å². The Morgan fingerprint density at radius 3 is 2.28 bits per heavy atom. The number of nitrogens with one attached hydrogen (secondary N) is 1. The Kier molecular flexibility index (Phi) is 6.63. The number of morpholine rings is 1. The monoisotopic (exact) mass is 418 g/mol. The number of benzene rings is 2. The Hall–Kier alpha value is -2.75. The number of hydrogen-bond donors (Lipinski definition) is 1. The summed E-state index contributed by atoms with van der Waals surface area (Å²) in [4.78, 5) is 24.1. The molecule has 1 N–H and O–H groups in total. The first-order valence-corrected chi connectivity index (χ1v) is 10.5. The van der Waals surface area contributed by atoms with E-state index in [4.69, 9.17) is 9.47 Å². The molecule has 29 heavy (non-hydrogen) atoms. The number of aryl methyl sites for hydroxylation is 1. The Labute approximate surface area is 169 Å². The molecule has 0 bridgehead atoms. The molecule has 1 amide bonds. The van der Waals surface area contributed by atoms with Crippen molar-refractivity contribution < 1.29 is 27.5 Å². The molecule has 0 radical (unpaired) electrons. The van der Waals surface area contributed by atoms with Gasteiger partial charge in [-0.2, -0.15) is 4.31 Å². The van der Waals surface area contributed by atoms with E-state index in [0.29, 0.717) is 37.6 Å². The molecule has 154 valence electrons.